The van der Waals surface area contributed by atoms with Gasteiger partial charge in [-0.1, -0.05) is 39.0 Å². The van der Waals surface area contributed by atoms with Gasteiger partial charge in [0, 0.05) is 6.42 Å². The summed E-state index contributed by atoms with van der Waals surface area (Å²) in [6.07, 6.45) is 0.319. The van der Waals surface area contributed by atoms with Gasteiger partial charge in [0.2, 0.25) is 0 Å². The lowest BCUT2D eigenvalue weighted by Crippen LogP contribution is -2.12. The van der Waals surface area contributed by atoms with Gasteiger partial charge in [0.05, 0.1) is 0 Å². The molecule has 1 heterocycles. The summed E-state index contributed by atoms with van der Waals surface area (Å²) in [7, 11) is 0. The van der Waals surface area contributed by atoms with Crippen LogP contribution in [0.1, 0.15) is 44.2 Å². The number of benzene rings is 2. The van der Waals surface area contributed by atoms with Gasteiger partial charge in [-0.2, -0.15) is 0 Å². The summed E-state index contributed by atoms with van der Waals surface area (Å²) in [4.78, 5) is 13.4. The van der Waals surface area contributed by atoms with E-state index in [1.54, 1.807) is 11.7 Å². The quantitative estimate of drug-likeness (QED) is 0.534. The molecule has 0 radical (unpaired) electrons. The van der Waals surface area contributed by atoms with Gasteiger partial charge < -0.3 is 4.74 Å². The Hall–Kier alpha value is -2.69. The Balaban J connectivity index is 2.17. The zero-order valence-electron chi connectivity index (χ0n) is 14.4. The van der Waals surface area contributed by atoms with Crippen molar-refractivity contribution in [1.82, 2.24) is 15.0 Å². The van der Waals surface area contributed by atoms with E-state index in [1.807, 2.05) is 43.3 Å². The van der Waals surface area contributed by atoms with Crippen molar-refractivity contribution in [3.63, 3.8) is 0 Å². The lowest BCUT2D eigenvalue weighted by molar-refractivity contribution is -0.134. The fourth-order valence-corrected chi connectivity index (χ4v) is 2.58. The van der Waals surface area contributed by atoms with E-state index in [1.165, 1.54) is 0 Å². The van der Waals surface area contributed by atoms with Crippen molar-refractivity contribution >= 4 is 17.0 Å². The Bertz CT molecular complexity index is 897. The van der Waals surface area contributed by atoms with Gasteiger partial charge in [-0.3, -0.25) is 4.79 Å². The van der Waals surface area contributed by atoms with E-state index >= 15 is 0 Å². The Labute approximate surface area is 141 Å². The van der Waals surface area contributed by atoms with Crippen LogP contribution in [0.2, 0.25) is 0 Å². The van der Waals surface area contributed by atoms with Crippen molar-refractivity contribution in [3.05, 3.63) is 47.5 Å². The summed E-state index contributed by atoms with van der Waals surface area (Å²) in [5, 5.41) is 9.08. The highest BCUT2D eigenvalue weighted by Crippen LogP contribution is 2.33. The molecule has 0 N–H and O–H groups in total. The number of aryl methyl sites for hydroxylation is 1. The molecule has 3 aromatic rings. The molecule has 0 bridgehead atoms. The molecule has 0 aliphatic rings. The summed E-state index contributed by atoms with van der Waals surface area (Å²) in [6, 6.07) is 11.7. The smallest absolute Gasteiger partial charge is 0.310 e. The van der Waals surface area contributed by atoms with E-state index in [0.717, 1.165) is 22.2 Å². The molecule has 0 saturated carbocycles. The van der Waals surface area contributed by atoms with Gasteiger partial charge in [-0.15, -0.1) is 15.0 Å². The second-order valence-electron chi connectivity index (χ2n) is 6.16. The van der Waals surface area contributed by atoms with Crippen LogP contribution in [0.25, 0.3) is 16.7 Å². The van der Waals surface area contributed by atoms with Crippen molar-refractivity contribution in [3.8, 4) is 11.4 Å². The van der Waals surface area contributed by atoms with Crippen LogP contribution >= 0.6 is 0 Å². The van der Waals surface area contributed by atoms with Crippen LogP contribution < -0.4 is 4.74 Å². The minimum atomic E-state index is -0.267. The predicted octanol–water partition coefficient (Wildman–Crippen LogP) is 4.17. The Morgan fingerprint density at radius 3 is 2.62 bits per heavy atom. The first-order valence-electron chi connectivity index (χ1n) is 8.17. The second-order valence-corrected chi connectivity index (χ2v) is 6.16. The Morgan fingerprint density at radius 2 is 1.92 bits per heavy atom. The number of para-hydroxylation sites is 1. The SMILES string of the molecule is CCC(=O)Oc1c(C(C)C)cccc1-n1nc2ccc(C)cc2n1. The molecule has 5 heteroatoms. The number of aromatic nitrogens is 3. The third kappa shape index (κ3) is 3.02. The molecule has 2 aromatic carbocycles. The third-order valence-electron chi connectivity index (χ3n) is 3.90. The summed E-state index contributed by atoms with van der Waals surface area (Å²) in [6.45, 7) is 7.94. The number of nitrogens with zero attached hydrogens (tertiary/aromatic N) is 3. The van der Waals surface area contributed by atoms with Crippen LogP contribution in [-0.4, -0.2) is 21.0 Å². The van der Waals surface area contributed by atoms with Crippen molar-refractivity contribution in [2.75, 3.05) is 0 Å². The van der Waals surface area contributed by atoms with Crippen molar-refractivity contribution in [1.29, 1.82) is 0 Å². The van der Waals surface area contributed by atoms with Crippen LogP contribution in [0, 0.1) is 6.92 Å². The maximum absolute atomic E-state index is 11.9. The van der Waals surface area contributed by atoms with Crippen LogP contribution in [0.4, 0.5) is 0 Å². The highest BCUT2D eigenvalue weighted by Gasteiger charge is 2.18. The van der Waals surface area contributed by atoms with Gasteiger partial charge in [-0.05, 0) is 42.2 Å². The van der Waals surface area contributed by atoms with E-state index in [0.29, 0.717) is 17.9 Å². The summed E-state index contributed by atoms with van der Waals surface area (Å²) in [5.74, 6) is 0.491. The zero-order chi connectivity index (χ0) is 17.3. The van der Waals surface area contributed by atoms with Gasteiger partial charge in [0.25, 0.3) is 0 Å². The average Bonchev–Trinajstić information content (AvgIpc) is 2.97. The molecule has 3 rings (SSSR count). The molecule has 0 aliphatic carbocycles. The Kier molecular flexibility index (Phi) is 4.34. The number of carbonyl (C=O) groups excluding carboxylic acids is 1. The first-order chi connectivity index (χ1) is 11.5. The maximum Gasteiger partial charge on any atom is 0.310 e. The summed E-state index contributed by atoms with van der Waals surface area (Å²) >= 11 is 0. The van der Waals surface area contributed by atoms with Crippen LogP contribution in [-0.2, 0) is 4.79 Å². The minimum Gasteiger partial charge on any atom is -0.424 e. The van der Waals surface area contributed by atoms with Crippen molar-refractivity contribution < 1.29 is 9.53 Å². The van der Waals surface area contributed by atoms with Crippen LogP contribution in [0.5, 0.6) is 5.75 Å². The predicted molar refractivity (Wildman–Crippen MR) is 93.6 cm³/mol. The first kappa shape index (κ1) is 16.2. The lowest BCUT2D eigenvalue weighted by atomic mass is 10.0. The van der Waals surface area contributed by atoms with Gasteiger partial charge in [0.1, 0.15) is 16.7 Å². The van der Waals surface area contributed by atoms with Gasteiger partial charge in [-0.25, -0.2) is 0 Å². The van der Waals surface area contributed by atoms with Gasteiger partial charge in [0.15, 0.2) is 5.75 Å². The Morgan fingerprint density at radius 1 is 1.17 bits per heavy atom. The molecule has 24 heavy (non-hydrogen) atoms. The molecule has 124 valence electrons. The summed E-state index contributed by atoms with van der Waals surface area (Å²) in [5.41, 5.74) is 4.40. The second kappa shape index (κ2) is 6.43. The lowest BCUT2D eigenvalue weighted by Gasteiger charge is -2.15. The molecule has 0 spiro atoms. The average molecular weight is 323 g/mol. The standard InChI is InChI=1S/C19H21N3O2/c1-5-18(23)24-19-14(12(2)3)7-6-8-17(19)22-20-15-10-9-13(4)11-16(15)21-22/h6-12H,5H2,1-4H3. The molecule has 1 aromatic heterocycles. The van der Waals surface area contributed by atoms with E-state index in [9.17, 15) is 4.79 Å². The van der Waals surface area contributed by atoms with Crippen molar-refractivity contribution in [2.45, 2.75) is 40.0 Å². The molecule has 0 unspecified atom stereocenters. The number of hydrogen-bond acceptors (Lipinski definition) is 4. The number of hydrogen-bond donors (Lipinski definition) is 0. The minimum absolute atomic E-state index is 0.219. The highest BCUT2D eigenvalue weighted by atomic mass is 16.5. The van der Waals surface area contributed by atoms with Gasteiger partial charge >= 0.3 is 5.97 Å². The molecule has 0 atom stereocenters. The maximum atomic E-state index is 11.9. The monoisotopic (exact) mass is 323 g/mol. The number of rotatable bonds is 4. The molecular weight excluding hydrogens is 302 g/mol. The molecular formula is C19H21N3O2. The van der Waals surface area contributed by atoms with Crippen LogP contribution in [0.15, 0.2) is 36.4 Å². The first-order valence-corrected chi connectivity index (χ1v) is 8.17. The van der Waals surface area contributed by atoms with E-state index in [-0.39, 0.29) is 11.9 Å². The number of esters is 1. The largest absolute Gasteiger partial charge is 0.424 e. The molecule has 0 amide bonds. The number of ether oxygens (including phenoxy) is 1. The topological polar surface area (TPSA) is 57.0 Å². The number of carbonyl (C=O) groups is 1. The van der Waals surface area contributed by atoms with E-state index in [2.05, 4.69) is 24.0 Å². The molecule has 0 saturated heterocycles. The zero-order valence-corrected chi connectivity index (χ0v) is 14.4. The van der Waals surface area contributed by atoms with Crippen LogP contribution in [0.3, 0.4) is 0 Å². The molecule has 0 fully saturated rings. The van der Waals surface area contributed by atoms with E-state index in [4.69, 9.17) is 4.74 Å². The van der Waals surface area contributed by atoms with Crippen molar-refractivity contribution in [2.24, 2.45) is 0 Å². The van der Waals surface area contributed by atoms with E-state index < -0.39 is 0 Å². The summed E-state index contributed by atoms with van der Waals surface area (Å²) < 4.78 is 5.62. The normalized spacial score (nSPS) is 11.2. The highest BCUT2D eigenvalue weighted by molar-refractivity contribution is 5.76. The fourth-order valence-electron chi connectivity index (χ4n) is 2.58. The fraction of sp³-hybridized carbons (Fsp3) is 0.316. The third-order valence-corrected chi connectivity index (χ3v) is 3.90. The molecule has 5 nitrogen and oxygen atoms in total. The number of fused-ring (bicyclic) bond motifs is 1. The molecule has 0 aliphatic heterocycles.